The van der Waals surface area contributed by atoms with E-state index in [0.717, 1.165) is 50.6 Å². The van der Waals surface area contributed by atoms with Crippen LogP contribution in [0.4, 0.5) is 0 Å². The van der Waals surface area contributed by atoms with Crippen LogP contribution in [0.25, 0.3) is 32.8 Å². The van der Waals surface area contributed by atoms with Gasteiger partial charge in [-0.05, 0) is 46.2 Å². The fraction of sp³-hybridized carbons (Fsp3) is 0.0571. The summed E-state index contributed by atoms with van der Waals surface area (Å²) >= 11 is 0. The highest BCUT2D eigenvalue weighted by Crippen LogP contribution is 2.30. The second-order valence-corrected chi connectivity index (χ2v) is 9.80. The molecule has 7 rings (SSSR count). The topological polar surface area (TPSA) is 49.6 Å². The Morgan fingerprint density at radius 1 is 0.641 bits per heavy atom. The van der Waals surface area contributed by atoms with E-state index in [1.54, 1.807) is 0 Å². The van der Waals surface area contributed by atoms with E-state index in [1.807, 2.05) is 12.3 Å². The Kier molecular flexibility index (Phi) is 5.71. The van der Waals surface area contributed by atoms with E-state index in [1.165, 1.54) is 16.2 Å². The molecular formula is C35H26N4. The summed E-state index contributed by atoms with van der Waals surface area (Å²) in [7, 11) is 0. The number of benzene rings is 5. The molecule has 2 heterocycles. The van der Waals surface area contributed by atoms with Crippen LogP contribution < -0.4 is 5.32 Å². The first-order chi connectivity index (χ1) is 19.2. The Morgan fingerprint density at radius 3 is 2.18 bits per heavy atom. The average molecular weight is 503 g/mol. The molecular weight excluding hydrogens is 476 g/mol. The van der Waals surface area contributed by atoms with E-state index in [2.05, 4.69) is 132 Å². The summed E-state index contributed by atoms with van der Waals surface area (Å²) in [5, 5.41) is 8.34. The van der Waals surface area contributed by atoms with Crippen molar-refractivity contribution >= 4 is 33.2 Å². The Bertz CT molecular complexity index is 1910. The van der Waals surface area contributed by atoms with Gasteiger partial charge in [-0.2, -0.15) is 0 Å². The van der Waals surface area contributed by atoms with Gasteiger partial charge in [0.05, 0.1) is 5.69 Å². The number of rotatable bonds is 4. The fourth-order valence-corrected chi connectivity index (χ4v) is 5.39. The molecule has 0 bridgehead atoms. The van der Waals surface area contributed by atoms with Crippen molar-refractivity contribution in [3.05, 3.63) is 150 Å². The van der Waals surface area contributed by atoms with E-state index < -0.39 is 0 Å². The highest BCUT2D eigenvalue weighted by Gasteiger charge is 2.23. The number of nitrogens with one attached hydrogen (secondary N) is 1. The lowest BCUT2D eigenvalue weighted by Gasteiger charge is -2.25. The minimum Gasteiger partial charge on any atom is -0.344 e. The van der Waals surface area contributed by atoms with Crippen LogP contribution in [-0.2, 0) is 0 Å². The predicted octanol–water partition coefficient (Wildman–Crippen LogP) is 7.86. The van der Waals surface area contributed by atoms with Gasteiger partial charge in [-0.1, -0.05) is 109 Å². The van der Waals surface area contributed by atoms with Gasteiger partial charge in [0.2, 0.25) is 0 Å². The maximum Gasteiger partial charge on any atom is 0.160 e. The van der Waals surface area contributed by atoms with Gasteiger partial charge >= 0.3 is 0 Å². The summed E-state index contributed by atoms with van der Waals surface area (Å²) in [6.07, 6.45) is 1.55. The van der Waals surface area contributed by atoms with Crippen molar-refractivity contribution in [1.82, 2.24) is 10.3 Å². The molecule has 1 aliphatic rings. The number of hydrogen-bond acceptors (Lipinski definition) is 4. The lowest BCUT2D eigenvalue weighted by Crippen LogP contribution is -2.33. The first-order valence-corrected chi connectivity index (χ1v) is 13.2. The van der Waals surface area contributed by atoms with Crippen LogP contribution >= 0.6 is 0 Å². The molecule has 0 spiro atoms. The molecule has 1 unspecified atom stereocenters. The summed E-state index contributed by atoms with van der Waals surface area (Å²) in [4.78, 5) is 15.0. The molecule has 1 aliphatic heterocycles. The number of aryl methyl sites for hydroxylation is 1. The number of amidine groups is 2. The fourth-order valence-electron chi connectivity index (χ4n) is 5.39. The Morgan fingerprint density at radius 2 is 1.33 bits per heavy atom. The third-order valence-corrected chi connectivity index (χ3v) is 7.31. The van der Waals surface area contributed by atoms with Gasteiger partial charge in [0, 0.05) is 28.5 Å². The Labute approximate surface area is 227 Å². The first kappa shape index (κ1) is 23.1. The van der Waals surface area contributed by atoms with Crippen molar-refractivity contribution in [3.63, 3.8) is 0 Å². The zero-order chi connectivity index (χ0) is 26.2. The van der Waals surface area contributed by atoms with Crippen LogP contribution in [0.5, 0.6) is 0 Å². The highest BCUT2D eigenvalue weighted by atomic mass is 15.2. The smallest absolute Gasteiger partial charge is 0.160 e. The van der Waals surface area contributed by atoms with Crippen molar-refractivity contribution < 1.29 is 0 Å². The maximum atomic E-state index is 5.20. The predicted molar refractivity (Wildman–Crippen MR) is 161 cm³/mol. The number of nitrogens with zero attached hydrogens (tertiary/aromatic N) is 3. The maximum absolute atomic E-state index is 5.20. The molecule has 0 amide bonds. The lowest BCUT2D eigenvalue weighted by molar-refractivity contribution is 0.680. The molecule has 0 aliphatic carbocycles. The molecule has 186 valence electrons. The zero-order valence-electron chi connectivity index (χ0n) is 21.5. The third kappa shape index (κ3) is 4.26. The molecule has 0 saturated carbocycles. The zero-order valence-corrected chi connectivity index (χ0v) is 21.5. The summed E-state index contributed by atoms with van der Waals surface area (Å²) in [5.41, 5.74) is 6.31. The normalized spacial score (nSPS) is 15.1. The Balaban J connectivity index is 1.41. The first-order valence-electron chi connectivity index (χ1n) is 13.2. The number of aromatic nitrogens is 1. The van der Waals surface area contributed by atoms with E-state index in [9.17, 15) is 0 Å². The van der Waals surface area contributed by atoms with Crippen molar-refractivity contribution in [2.45, 2.75) is 13.1 Å². The molecule has 5 aromatic carbocycles. The minimum atomic E-state index is -0.294. The van der Waals surface area contributed by atoms with Gasteiger partial charge in [0.15, 0.2) is 5.84 Å². The minimum absolute atomic E-state index is 0.294. The standard InChI is InChI=1S/C35H26N4/c1-23-10-9-21-36-32(23)26-15-6-16-27(22-26)33-37-34(30-19-7-13-24-11-2-4-17-28(24)30)39-35(38-33)31-20-8-14-25-12-3-5-18-29(25)31/h2-22,34H,1H3,(H,37,38,39). The van der Waals surface area contributed by atoms with Crippen LogP contribution in [0, 0.1) is 6.92 Å². The molecule has 6 aromatic rings. The largest absolute Gasteiger partial charge is 0.344 e. The van der Waals surface area contributed by atoms with Crippen LogP contribution in [0.3, 0.4) is 0 Å². The van der Waals surface area contributed by atoms with Gasteiger partial charge in [-0.3, -0.25) is 4.98 Å². The van der Waals surface area contributed by atoms with Gasteiger partial charge in [0.1, 0.15) is 12.0 Å². The third-order valence-electron chi connectivity index (χ3n) is 7.31. The second kappa shape index (κ2) is 9.66. The van der Waals surface area contributed by atoms with Gasteiger partial charge < -0.3 is 5.32 Å². The number of pyridine rings is 1. The van der Waals surface area contributed by atoms with Crippen LogP contribution in [0.15, 0.2) is 138 Å². The second-order valence-electron chi connectivity index (χ2n) is 9.80. The molecule has 1 aromatic heterocycles. The van der Waals surface area contributed by atoms with Crippen molar-refractivity contribution in [1.29, 1.82) is 0 Å². The molecule has 1 atom stereocenters. The lowest BCUT2D eigenvalue weighted by atomic mass is 10.00. The van der Waals surface area contributed by atoms with E-state index in [-0.39, 0.29) is 6.17 Å². The van der Waals surface area contributed by atoms with Crippen molar-refractivity contribution in [2.24, 2.45) is 9.98 Å². The van der Waals surface area contributed by atoms with Gasteiger partial charge in [-0.25, -0.2) is 9.98 Å². The molecule has 4 heteroatoms. The quantitative estimate of drug-likeness (QED) is 0.267. The van der Waals surface area contributed by atoms with Crippen LogP contribution in [0.2, 0.25) is 0 Å². The van der Waals surface area contributed by atoms with Crippen LogP contribution in [-0.4, -0.2) is 16.7 Å². The van der Waals surface area contributed by atoms with Gasteiger partial charge in [0.25, 0.3) is 0 Å². The molecule has 4 nitrogen and oxygen atoms in total. The van der Waals surface area contributed by atoms with Crippen molar-refractivity contribution in [2.75, 3.05) is 0 Å². The summed E-state index contributed by atoms with van der Waals surface area (Å²) < 4.78 is 0. The summed E-state index contributed by atoms with van der Waals surface area (Å²) in [6, 6.07) is 42.1. The highest BCUT2D eigenvalue weighted by molar-refractivity contribution is 6.17. The monoisotopic (exact) mass is 502 g/mol. The van der Waals surface area contributed by atoms with Gasteiger partial charge in [-0.15, -0.1) is 0 Å². The van der Waals surface area contributed by atoms with E-state index in [0.29, 0.717) is 0 Å². The average Bonchev–Trinajstić information content (AvgIpc) is 3.00. The van der Waals surface area contributed by atoms with E-state index in [4.69, 9.17) is 9.98 Å². The molecule has 1 N–H and O–H groups in total. The molecule has 0 fully saturated rings. The number of fused-ring (bicyclic) bond motifs is 2. The molecule has 0 radical (unpaired) electrons. The number of hydrogen-bond donors (Lipinski definition) is 1. The summed E-state index contributed by atoms with van der Waals surface area (Å²) in [5.74, 6) is 1.51. The number of aliphatic imine (C=N–C) groups is 2. The molecule has 39 heavy (non-hydrogen) atoms. The Hall–Kier alpha value is -5.09. The molecule has 0 saturated heterocycles. The van der Waals surface area contributed by atoms with E-state index >= 15 is 0 Å². The van der Waals surface area contributed by atoms with Crippen LogP contribution in [0.1, 0.15) is 28.4 Å². The SMILES string of the molecule is Cc1cccnc1-c1cccc(C2=NC(c3cccc4ccccc34)=NC(c3cccc4ccccc34)N2)c1. The summed E-state index contributed by atoms with van der Waals surface area (Å²) in [6.45, 7) is 2.09. The van der Waals surface area contributed by atoms with Crippen molar-refractivity contribution in [3.8, 4) is 11.3 Å².